The molecule has 0 radical (unpaired) electrons. The Kier molecular flexibility index (Phi) is 13.1. The van der Waals surface area contributed by atoms with Gasteiger partial charge >= 0.3 is 0 Å². The summed E-state index contributed by atoms with van der Waals surface area (Å²) in [5.41, 5.74) is 14.9. The van der Waals surface area contributed by atoms with Crippen LogP contribution in [0.25, 0.3) is 72.1 Å². The van der Waals surface area contributed by atoms with Gasteiger partial charge in [-0.15, -0.1) is 53.6 Å². The van der Waals surface area contributed by atoms with Crippen LogP contribution in [0.4, 0.5) is 31.5 Å². The van der Waals surface area contributed by atoms with Crippen LogP contribution in [0.1, 0.15) is 52.7 Å². The van der Waals surface area contributed by atoms with Gasteiger partial charge in [-0.05, 0) is 122 Å². The van der Waals surface area contributed by atoms with E-state index in [9.17, 15) is 8.78 Å². The predicted octanol–water partition coefficient (Wildman–Crippen LogP) is 18.5. The first kappa shape index (κ1) is 50.1. The van der Waals surface area contributed by atoms with Crippen LogP contribution >= 0.6 is 0 Å². The van der Waals surface area contributed by atoms with Crippen LogP contribution in [0.3, 0.4) is 0 Å². The largest absolute Gasteiger partial charge is 0.509 e. The Morgan fingerprint density at radius 2 is 1.03 bits per heavy atom. The molecule has 378 valence electrons. The summed E-state index contributed by atoms with van der Waals surface area (Å²) in [6.45, 7) is 15.3. The molecular formula is C68H53F2N4OPt-3. The molecule has 0 saturated heterocycles. The third-order valence-corrected chi connectivity index (χ3v) is 14.2. The minimum Gasteiger partial charge on any atom is -0.509 e. The van der Waals surface area contributed by atoms with E-state index >= 15 is 0 Å². The summed E-state index contributed by atoms with van der Waals surface area (Å²) >= 11 is 0. The van der Waals surface area contributed by atoms with E-state index in [-0.39, 0.29) is 43.5 Å². The van der Waals surface area contributed by atoms with E-state index in [1.165, 1.54) is 29.8 Å². The molecule has 0 fully saturated rings. The van der Waals surface area contributed by atoms with Crippen LogP contribution in [-0.4, -0.2) is 9.55 Å². The molecular weight excluding hydrogens is 1120 g/mol. The second kappa shape index (κ2) is 19.9. The Morgan fingerprint density at radius 1 is 0.474 bits per heavy atom. The van der Waals surface area contributed by atoms with E-state index in [2.05, 4.69) is 196 Å². The number of aromatic nitrogens is 2. The van der Waals surface area contributed by atoms with E-state index in [1.54, 1.807) is 0 Å². The Morgan fingerprint density at radius 3 is 1.66 bits per heavy atom. The molecule has 2 aromatic heterocycles. The number of para-hydroxylation sites is 3. The smallest absolute Gasteiger partial charge is 0.135 e. The molecule has 8 heteroatoms. The number of rotatable bonds is 9. The number of nitrogens with zero attached hydrogens (tertiary/aromatic N) is 4. The monoisotopic (exact) mass is 1170 g/mol. The number of benzene rings is 9. The first-order valence-corrected chi connectivity index (χ1v) is 25.3. The Balaban J connectivity index is 0.00000616. The van der Waals surface area contributed by atoms with Gasteiger partial charge in [-0.1, -0.05) is 156 Å². The zero-order valence-electron chi connectivity index (χ0n) is 43.0. The topological polar surface area (TPSA) is 33.5 Å². The van der Waals surface area contributed by atoms with Crippen molar-refractivity contribution in [3.63, 3.8) is 0 Å². The van der Waals surface area contributed by atoms with E-state index in [0.29, 0.717) is 11.5 Å². The third-order valence-electron chi connectivity index (χ3n) is 14.2. The number of anilines is 4. The van der Waals surface area contributed by atoms with Crippen LogP contribution in [0.5, 0.6) is 11.5 Å². The molecule has 0 aliphatic carbocycles. The van der Waals surface area contributed by atoms with Gasteiger partial charge in [-0.25, -0.2) is 13.8 Å². The third kappa shape index (κ3) is 9.50. The van der Waals surface area contributed by atoms with Gasteiger partial charge in [-0.2, -0.15) is 6.07 Å². The van der Waals surface area contributed by atoms with Gasteiger partial charge in [0.15, 0.2) is 0 Å². The Bertz CT molecular complexity index is 3870. The van der Waals surface area contributed by atoms with Gasteiger partial charge in [0.25, 0.3) is 0 Å². The molecule has 0 N–H and O–H groups in total. The molecule has 0 spiro atoms. The van der Waals surface area contributed by atoms with E-state index in [4.69, 9.17) is 9.72 Å². The molecule has 0 bridgehead atoms. The second-order valence-electron chi connectivity index (χ2n) is 21.3. The van der Waals surface area contributed by atoms with Crippen LogP contribution in [0, 0.1) is 30.4 Å². The van der Waals surface area contributed by atoms with Gasteiger partial charge in [-0.3, -0.25) is 0 Å². The molecule has 0 atom stereocenters. The number of fused-ring (bicyclic) bond motifs is 4. The average Bonchev–Trinajstić information content (AvgIpc) is 3.99. The van der Waals surface area contributed by atoms with Crippen LogP contribution in [0.15, 0.2) is 206 Å². The standard InChI is InChI=1S/C68H53F2N4O.Pt/c1-67(2,3)50-34-35-71-65(40-50)74-61-17-11-10-16-57(61)58-33-32-55(42-64(58)74)75-56-37-49(46-22-20-45(21-23-46)44-14-8-7-9-15-44)36-54(41-56)72-43-73(63-19-13-12-18-62(63)72)66-59(47-24-28-52(69)29-25-47)38-51(68(4,5)6)39-60(66)48-26-30-53(70)31-27-48;/h7-40,43H,1-6H3;/q-3;. The van der Waals surface area contributed by atoms with Gasteiger partial charge in [0.1, 0.15) is 17.5 Å². The zero-order chi connectivity index (χ0) is 51.6. The van der Waals surface area contributed by atoms with Crippen molar-refractivity contribution < 1.29 is 34.6 Å². The van der Waals surface area contributed by atoms with Gasteiger partial charge in [0, 0.05) is 72.5 Å². The van der Waals surface area contributed by atoms with Crippen LogP contribution in [0.2, 0.25) is 0 Å². The zero-order valence-corrected chi connectivity index (χ0v) is 45.2. The Hall–Kier alpha value is -8.12. The van der Waals surface area contributed by atoms with Crippen molar-refractivity contribution in [2.45, 2.75) is 52.4 Å². The normalized spacial score (nSPS) is 12.5. The summed E-state index contributed by atoms with van der Waals surface area (Å²) in [6, 6.07) is 73.2. The number of ether oxygens (including phenoxy) is 1. The van der Waals surface area contributed by atoms with Gasteiger partial charge in [0.05, 0.1) is 0 Å². The molecule has 0 amide bonds. The van der Waals surface area contributed by atoms with Crippen molar-refractivity contribution in [3.8, 4) is 61.8 Å². The van der Waals surface area contributed by atoms with Crippen molar-refractivity contribution >= 4 is 44.6 Å². The van der Waals surface area contributed by atoms with Crippen molar-refractivity contribution in [2.24, 2.45) is 0 Å². The maximum atomic E-state index is 14.7. The van der Waals surface area contributed by atoms with Crippen molar-refractivity contribution in [1.29, 1.82) is 0 Å². The van der Waals surface area contributed by atoms with Crippen molar-refractivity contribution in [2.75, 3.05) is 9.80 Å². The molecule has 11 aromatic rings. The molecule has 0 saturated carbocycles. The molecule has 12 rings (SSSR count). The van der Waals surface area contributed by atoms with Gasteiger partial charge < -0.3 is 19.1 Å². The van der Waals surface area contributed by atoms with Crippen LogP contribution < -0.4 is 14.5 Å². The summed E-state index contributed by atoms with van der Waals surface area (Å²) < 4.78 is 38.5. The fourth-order valence-electron chi connectivity index (χ4n) is 10.2. The minimum absolute atomic E-state index is 0. The van der Waals surface area contributed by atoms with Crippen molar-refractivity contribution in [1.82, 2.24) is 9.55 Å². The molecule has 1 aliphatic heterocycles. The number of pyridine rings is 1. The van der Waals surface area contributed by atoms with Gasteiger partial charge in [0.2, 0.25) is 0 Å². The number of hydrogen-bond donors (Lipinski definition) is 0. The second-order valence-corrected chi connectivity index (χ2v) is 21.3. The fourth-order valence-corrected chi connectivity index (χ4v) is 10.2. The van der Waals surface area contributed by atoms with E-state index in [1.807, 2.05) is 60.8 Å². The van der Waals surface area contributed by atoms with Crippen LogP contribution in [-0.2, 0) is 31.9 Å². The van der Waals surface area contributed by atoms with Crippen molar-refractivity contribution in [3.05, 3.63) is 248 Å². The first-order valence-electron chi connectivity index (χ1n) is 25.3. The minimum atomic E-state index is -0.318. The van der Waals surface area contributed by atoms with E-state index < -0.39 is 0 Å². The molecule has 76 heavy (non-hydrogen) atoms. The number of hydrogen-bond acceptors (Lipinski definition) is 4. The number of halogens is 2. The molecule has 0 unspecified atom stereocenters. The predicted molar refractivity (Wildman–Crippen MR) is 303 cm³/mol. The van der Waals surface area contributed by atoms with E-state index in [0.717, 1.165) is 100 Å². The summed E-state index contributed by atoms with van der Waals surface area (Å²) in [7, 11) is 0. The molecule has 1 aliphatic rings. The molecule has 9 aromatic carbocycles. The SMILES string of the molecule is CC(C)(C)c1ccnc(-n2c3[c-]c(Oc4[c-]c(N5[CH-]N(c6c(-c7ccc(F)cc7)cc(C(C)(C)C)cc6-c6ccc(F)cc6)c6ccccc65)cc(-c5ccc(-c6ccccc6)cc5)c4)ccc3c3ccccc32)c1.[Pt]. The Labute approximate surface area is 458 Å². The summed E-state index contributed by atoms with van der Waals surface area (Å²) in [5.74, 6) is 1.19. The molecule has 5 nitrogen and oxygen atoms in total. The maximum absolute atomic E-state index is 14.7. The summed E-state index contributed by atoms with van der Waals surface area (Å²) in [4.78, 5) is 9.24. The summed E-state index contributed by atoms with van der Waals surface area (Å²) in [5, 5.41) is 2.14. The fraction of sp³-hybridized carbons (Fsp3) is 0.118. The molecule has 3 heterocycles. The average molecular weight is 1180 g/mol. The quantitative estimate of drug-likeness (QED) is 0.135. The summed E-state index contributed by atoms with van der Waals surface area (Å²) in [6.07, 6.45) is 1.88. The maximum Gasteiger partial charge on any atom is 0.135 e. The first-order chi connectivity index (χ1) is 36.2.